The second-order valence-corrected chi connectivity index (χ2v) is 4.10. The van der Waals surface area contributed by atoms with Gasteiger partial charge in [0.2, 0.25) is 0 Å². The Bertz CT molecular complexity index is 398. The summed E-state index contributed by atoms with van der Waals surface area (Å²) in [5, 5.41) is 4.05. The van der Waals surface area contributed by atoms with E-state index in [-0.39, 0.29) is 0 Å². The fraction of sp³-hybridized carbons (Fsp3) is 0. The zero-order chi connectivity index (χ0) is 7.84. The van der Waals surface area contributed by atoms with Gasteiger partial charge in [0, 0.05) is 0 Å². The quantitative estimate of drug-likeness (QED) is 0.620. The van der Waals surface area contributed by atoms with Crippen LogP contribution in [-0.2, 0) is 0 Å². The van der Waals surface area contributed by atoms with Gasteiger partial charge in [0.05, 0.1) is 0 Å². The molecule has 0 bridgehead atoms. The van der Waals surface area contributed by atoms with Crippen molar-refractivity contribution < 1.29 is 0 Å². The van der Waals surface area contributed by atoms with Crippen molar-refractivity contribution in [2.24, 2.45) is 0 Å². The molecule has 1 unspecified atom stereocenters. The van der Waals surface area contributed by atoms with E-state index in [0.717, 1.165) is 14.5 Å². The molecule has 2 rings (SSSR count). The third kappa shape index (κ3) is 1.10. The van der Waals surface area contributed by atoms with Gasteiger partial charge < -0.3 is 0 Å². The predicted octanol–water partition coefficient (Wildman–Crippen LogP) is -0.250. The van der Waals surface area contributed by atoms with Crippen LogP contribution in [0.4, 0.5) is 0 Å². The van der Waals surface area contributed by atoms with Gasteiger partial charge in [0.1, 0.15) is 0 Å². The van der Waals surface area contributed by atoms with Gasteiger partial charge in [-0.3, -0.25) is 0 Å². The summed E-state index contributed by atoms with van der Waals surface area (Å²) in [6.45, 7) is 0. The van der Waals surface area contributed by atoms with E-state index in [1.54, 1.807) is 6.33 Å². The first-order valence-corrected chi connectivity index (χ1v) is 5.03. The first-order chi connectivity index (χ1) is 5.29. The fourth-order valence-corrected chi connectivity index (χ4v) is 2.63. The molecular weight excluding hydrogens is 269 g/mol. The maximum atomic E-state index is 4.11. The van der Waals surface area contributed by atoms with E-state index in [1.165, 1.54) is 16.9 Å². The van der Waals surface area contributed by atoms with Crippen LogP contribution in [0.15, 0.2) is 23.1 Å². The Morgan fingerprint density at radius 2 is 2.36 bits per heavy atom. The van der Waals surface area contributed by atoms with Gasteiger partial charge in [-0.1, -0.05) is 0 Å². The van der Waals surface area contributed by atoms with Crippen LogP contribution < -0.4 is 4.48 Å². The van der Waals surface area contributed by atoms with Gasteiger partial charge in [-0.15, -0.1) is 0 Å². The third-order valence-electron chi connectivity index (χ3n) is 1.43. The molecule has 0 saturated heterocycles. The van der Waals surface area contributed by atoms with Crippen molar-refractivity contribution in [2.75, 3.05) is 0 Å². The minimum absolute atomic E-state index is 1.05. The van der Waals surface area contributed by atoms with E-state index in [0.29, 0.717) is 0 Å². The van der Waals surface area contributed by atoms with E-state index < -0.39 is 0 Å². The van der Waals surface area contributed by atoms with Gasteiger partial charge in [-0.25, -0.2) is 0 Å². The van der Waals surface area contributed by atoms with Crippen LogP contribution in [0.3, 0.4) is 0 Å². The number of hydrogen-bond donors (Lipinski definition) is 0. The molecule has 0 spiro atoms. The summed E-state index contributed by atoms with van der Waals surface area (Å²) in [5.41, 5.74) is 1.06. The van der Waals surface area contributed by atoms with Crippen molar-refractivity contribution in [2.45, 2.75) is 0 Å². The Hall–Kier alpha value is -0.342. The molecule has 2 heterocycles. The van der Waals surface area contributed by atoms with E-state index >= 15 is 0 Å². The first-order valence-electron chi connectivity index (χ1n) is 3.02. The molecule has 11 heavy (non-hydrogen) atoms. The summed E-state index contributed by atoms with van der Waals surface area (Å²) in [7, 11) is 0. The van der Waals surface area contributed by atoms with Crippen molar-refractivity contribution in [1.29, 1.82) is 0 Å². The van der Waals surface area contributed by atoms with E-state index in [9.17, 15) is 0 Å². The molecule has 0 aliphatic heterocycles. The zero-order valence-electron chi connectivity index (χ0n) is 5.53. The summed E-state index contributed by atoms with van der Waals surface area (Å²) >= 11 is 4.93. The Kier molecular flexibility index (Phi) is 1.74. The second kappa shape index (κ2) is 2.61. The van der Waals surface area contributed by atoms with Crippen molar-refractivity contribution in [3.63, 3.8) is 0 Å². The topological polar surface area (TPSA) is 30.2 Å². The molecule has 0 fully saturated rings. The second-order valence-electron chi connectivity index (χ2n) is 2.10. The van der Waals surface area contributed by atoms with Crippen LogP contribution in [0.5, 0.6) is 0 Å². The molecule has 0 radical (unpaired) electrons. The molecule has 0 aromatic carbocycles. The van der Waals surface area contributed by atoms with Gasteiger partial charge in [-0.05, 0) is 0 Å². The molecule has 0 amide bonds. The monoisotopic (exact) mass is 273 g/mol. The number of nitrogens with zero attached hydrogens (tertiary/aromatic N) is 3. The number of rotatable bonds is 0. The summed E-state index contributed by atoms with van der Waals surface area (Å²) < 4.78 is 3.91. The van der Waals surface area contributed by atoms with E-state index in [2.05, 4.69) is 26.0 Å². The van der Waals surface area contributed by atoms with E-state index in [1.807, 2.05) is 16.8 Å². The molecule has 0 aliphatic carbocycles. The number of halogens is 1. The Morgan fingerprint density at radius 3 is 3.09 bits per heavy atom. The zero-order valence-corrected chi connectivity index (χ0v) is 9.54. The third-order valence-corrected chi connectivity index (χ3v) is 2.96. The molecule has 0 aliphatic rings. The normalized spacial score (nSPS) is 10.7. The molecule has 1 atom stereocenters. The van der Waals surface area contributed by atoms with Gasteiger partial charge in [0.25, 0.3) is 0 Å². The Morgan fingerprint density at radius 1 is 1.55 bits per heavy atom. The van der Waals surface area contributed by atoms with Crippen molar-refractivity contribution in [1.82, 2.24) is 14.6 Å². The molecule has 56 valence electrons. The Labute approximate surface area is 80.4 Å². The molecule has 2 aromatic rings. The molecule has 0 saturated carbocycles. The minimum atomic E-state index is 1.05. The van der Waals surface area contributed by atoms with Crippen LogP contribution in [0.25, 0.3) is 5.52 Å². The predicted molar refractivity (Wildman–Crippen MR) is 48.9 cm³/mol. The van der Waals surface area contributed by atoms with Gasteiger partial charge in [0.15, 0.2) is 0 Å². The average molecular weight is 274 g/mol. The molecule has 3 nitrogen and oxygen atoms in total. The van der Waals surface area contributed by atoms with Crippen LogP contribution in [0.1, 0.15) is 0 Å². The fourth-order valence-electron chi connectivity index (χ4n) is 0.940. The van der Waals surface area contributed by atoms with Crippen LogP contribution in [0.2, 0.25) is 0 Å². The maximum absolute atomic E-state index is 4.11. The summed E-state index contributed by atoms with van der Waals surface area (Å²) in [4.78, 5) is 4.11. The summed E-state index contributed by atoms with van der Waals surface area (Å²) in [6, 6.07) is 1.97. The van der Waals surface area contributed by atoms with Crippen molar-refractivity contribution in [3.8, 4) is 0 Å². The van der Waals surface area contributed by atoms with Crippen LogP contribution in [-0.4, -0.2) is 31.5 Å². The van der Waals surface area contributed by atoms with Crippen LogP contribution >= 0.6 is 15.9 Å². The molecule has 0 N–H and O–H groups in total. The number of fused-ring (bicyclic) bond motifs is 1. The molecule has 2 aromatic heterocycles. The molecular formula is C6H5AsBrN3. The SMILES string of the molecule is [AsH2]c1ncnn2ccc(Br)c12. The first kappa shape index (κ1) is 7.32. The van der Waals surface area contributed by atoms with Gasteiger partial charge in [-0.2, -0.15) is 0 Å². The van der Waals surface area contributed by atoms with Crippen LogP contribution in [0, 0.1) is 0 Å². The summed E-state index contributed by atoms with van der Waals surface area (Å²) in [6.07, 6.45) is 3.47. The van der Waals surface area contributed by atoms with E-state index in [4.69, 9.17) is 0 Å². The number of hydrogen-bond acceptors (Lipinski definition) is 2. The van der Waals surface area contributed by atoms with Gasteiger partial charge >= 0.3 is 80.4 Å². The van der Waals surface area contributed by atoms with Crippen molar-refractivity contribution >= 4 is 42.8 Å². The average Bonchev–Trinajstić information content (AvgIpc) is 2.34. The summed E-state index contributed by atoms with van der Waals surface area (Å²) in [5.74, 6) is 0. The molecule has 5 heteroatoms. The Balaban J connectivity index is 2.96. The standard InChI is InChI=1S/C6H5AsBrN3/c7-6-5-4(8)1-2-11(5)10-3-9-6/h1-3H,7H2. The number of aromatic nitrogens is 3. The van der Waals surface area contributed by atoms with Crippen molar-refractivity contribution in [3.05, 3.63) is 23.1 Å².